The van der Waals surface area contributed by atoms with Crippen molar-refractivity contribution in [3.63, 3.8) is 0 Å². The van der Waals surface area contributed by atoms with Gasteiger partial charge in [-0.3, -0.25) is 5.32 Å². The van der Waals surface area contributed by atoms with Gasteiger partial charge in [-0.1, -0.05) is 50.2 Å². The summed E-state index contributed by atoms with van der Waals surface area (Å²) in [6.07, 6.45) is 1.39. The average Bonchev–Trinajstić information content (AvgIpc) is 2.49. The Morgan fingerprint density at radius 2 is 1.72 bits per heavy atom. The molecule has 0 saturated heterocycles. The number of benzene rings is 2. The van der Waals surface area contributed by atoms with Crippen molar-refractivity contribution in [3.05, 3.63) is 48.0 Å². The van der Waals surface area contributed by atoms with E-state index in [0.717, 1.165) is 17.0 Å². The molecule has 1 unspecified atom stereocenters. The Bertz CT molecular complexity index is 836. The van der Waals surface area contributed by atoms with Crippen molar-refractivity contribution in [2.45, 2.75) is 31.7 Å². The molecular weight excluding hydrogens is 333 g/mol. The standard InChI is InChI=1S/C18H23NO4S.Li/c1-12(2)10-16(18(20)21)19-17(24(3,22)23)15-9-8-13-6-4-5-7-14(13)11-15;/h4-9,11-12,16-17,19H,10H2,1-3H3,(H,20,21);/q;+1/p-1/t16?,17-;/m0./s1. The fourth-order valence-corrected chi connectivity index (χ4v) is 3.78. The number of hydrogen-bond acceptors (Lipinski definition) is 5. The number of carbonyl (C=O) groups excluding carboxylic acids is 1. The second-order valence-electron chi connectivity index (χ2n) is 6.48. The third kappa shape index (κ3) is 5.86. The summed E-state index contributed by atoms with van der Waals surface area (Å²) in [5.74, 6) is -1.20. The second kappa shape index (κ2) is 8.86. The molecule has 0 aliphatic carbocycles. The third-order valence-electron chi connectivity index (χ3n) is 3.85. The van der Waals surface area contributed by atoms with E-state index < -0.39 is 27.2 Å². The number of carboxylic acids is 1. The molecule has 1 N–H and O–H groups in total. The van der Waals surface area contributed by atoms with E-state index >= 15 is 0 Å². The Labute approximate surface area is 160 Å². The molecule has 2 rings (SSSR count). The summed E-state index contributed by atoms with van der Waals surface area (Å²) in [6.45, 7) is 3.76. The topological polar surface area (TPSA) is 86.3 Å². The first-order valence-corrected chi connectivity index (χ1v) is 9.78. The Morgan fingerprint density at radius 1 is 1.12 bits per heavy atom. The van der Waals surface area contributed by atoms with Crippen LogP contribution in [-0.4, -0.2) is 26.7 Å². The summed E-state index contributed by atoms with van der Waals surface area (Å²) in [6, 6.07) is 11.9. The van der Waals surface area contributed by atoms with Gasteiger partial charge in [0.2, 0.25) is 0 Å². The summed E-state index contributed by atoms with van der Waals surface area (Å²) < 4.78 is 24.5. The van der Waals surface area contributed by atoms with Crippen molar-refractivity contribution in [3.8, 4) is 0 Å². The Morgan fingerprint density at radius 3 is 2.24 bits per heavy atom. The molecule has 2 aromatic rings. The maximum Gasteiger partial charge on any atom is 1.00 e. The molecule has 0 aromatic heterocycles. The molecule has 5 nitrogen and oxygen atoms in total. The van der Waals surface area contributed by atoms with Crippen molar-refractivity contribution in [1.29, 1.82) is 0 Å². The zero-order valence-electron chi connectivity index (χ0n) is 15.0. The van der Waals surface area contributed by atoms with Gasteiger partial charge < -0.3 is 9.90 Å². The van der Waals surface area contributed by atoms with Gasteiger partial charge in [-0.2, -0.15) is 0 Å². The van der Waals surface area contributed by atoms with Crippen molar-refractivity contribution >= 4 is 26.6 Å². The van der Waals surface area contributed by atoms with Crippen LogP contribution in [0.3, 0.4) is 0 Å². The number of aliphatic carboxylic acids is 1. The maximum atomic E-state index is 12.2. The van der Waals surface area contributed by atoms with Crippen molar-refractivity contribution in [2.24, 2.45) is 5.92 Å². The molecule has 0 aliphatic rings. The number of hydrogen-bond donors (Lipinski definition) is 1. The van der Waals surface area contributed by atoms with Crippen LogP contribution in [0, 0.1) is 5.92 Å². The summed E-state index contributed by atoms with van der Waals surface area (Å²) >= 11 is 0. The molecule has 25 heavy (non-hydrogen) atoms. The maximum absolute atomic E-state index is 12.2. The molecule has 2 atom stereocenters. The van der Waals surface area contributed by atoms with Gasteiger partial charge in [0.15, 0.2) is 9.84 Å². The summed E-state index contributed by atoms with van der Waals surface area (Å²) in [5.41, 5.74) is 0.520. The van der Waals surface area contributed by atoms with Gasteiger partial charge in [-0.25, -0.2) is 8.42 Å². The monoisotopic (exact) mass is 355 g/mol. The van der Waals surface area contributed by atoms with Crippen LogP contribution >= 0.6 is 0 Å². The van der Waals surface area contributed by atoms with E-state index in [2.05, 4.69) is 5.32 Å². The fraction of sp³-hybridized carbons (Fsp3) is 0.389. The molecule has 130 valence electrons. The van der Waals surface area contributed by atoms with Gasteiger partial charge in [0.25, 0.3) is 0 Å². The molecule has 0 amide bonds. The van der Waals surface area contributed by atoms with Crippen LogP contribution in [-0.2, 0) is 14.6 Å². The quantitative estimate of drug-likeness (QED) is 0.620. The van der Waals surface area contributed by atoms with Gasteiger partial charge in [0.1, 0.15) is 5.37 Å². The normalized spacial score (nSPS) is 14.1. The van der Waals surface area contributed by atoms with Crippen molar-refractivity contribution < 1.29 is 37.2 Å². The first-order chi connectivity index (χ1) is 11.2. The third-order valence-corrected chi connectivity index (χ3v) is 5.11. The Hall–Kier alpha value is -1.32. The molecule has 0 radical (unpaired) electrons. The molecule has 0 saturated carbocycles. The summed E-state index contributed by atoms with van der Waals surface area (Å²) in [5, 5.41) is 14.9. The van der Waals surface area contributed by atoms with E-state index in [1.54, 1.807) is 12.1 Å². The molecular formula is C18H22LiNO4S. The minimum Gasteiger partial charge on any atom is -0.548 e. The molecule has 0 bridgehead atoms. The van der Waals surface area contributed by atoms with Gasteiger partial charge in [0.05, 0.1) is 5.97 Å². The minimum absolute atomic E-state index is 0. The Balaban J connectivity index is 0.00000312. The largest absolute Gasteiger partial charge is 1.00 e. The van der Waals surface area contributed by atoms with E-state index in [1.165, 1.54) is 0 Å². The predicted molar refractivity (Wildman–Crippen MR) is 92.9 cm³/mol. The summed E-state index contributed by atoms with van der Waals surface area (Å²) in [4.78, 5) is 11.4. The van der Waals surface area contributed by atoms with Gasteiger partial charge in [0, 0.05) is 12.3 Å². The van der Waals surface area contributed by atoms with Gasteiger partial charge in [-0.15, -0.1) is 0 Å². The zero-order valence-corrected chi connectivity index (χ0v) is 15.8. The van der Waals surface area contributed by atoms with Gasteiger partial charge >= 0.3 is 18.9 Å². The van der Waals surface area contributed by atoms with Crippen molar-refractivity contribution in [1.82, 2.24) is 5.32 Å². The number of nitrogens with one attached hydrogen (secondary N) is 1. The molecule has 2 aromatic carbocycles. The average molecular weight is 355 g/mol. The van der Waals surface area contributed by atoms with Crippen LogP contribution in [0.4, 0.5) is 0 Å². The fourth-order valence-electron chi connectivity index (χ4n) is 2.72. The first-order valence-electron chi connectivity index (χ1n) is 7.83. The van der Waals surface area contributed by atoms with E-state index in [0.29, 0.717) is 12.0 Å². The SMILES string of the molecule is CC(C)CC(N[C@H](c1ccc2ccccc2c1)S(C)(=O)=O)C(=O)[O-].[Li+]. The van der Waals surface area contributed by atoms with E-state index in [9.17, 15) is 18.3 Å². The molecule has 0 fully saturated rings. The van der Waals surface area contributed by atoms with Crippen LogP contribution in [0.5, 0.6) is 0 Å². The molecule has 0 aliphatic heterocycles. The van der Waals surface area contributed by atoms with E-state index in [1.807, 2.05) is 44.2 Å². The Kier molecular flexibility index (Phi) is 7.70. The predicted octanol–water partition coefficient (Wildman–Crippen LogP) is -1.36. The molecule has 0 spiro atoms. The molecule has 7 heteroatoms. The number of rotatable bonds is 7. The molecule has 0 heterocycles. The smallest absolute Gasteiger partial charge is 0.548 e. The number of sulfone groups is 1. The minimum atomic E-state index is -3.55. The second-order valence-corrected chi connectivity index (χ2v) is 8.61. The van der Waals surface area contributed by atoms with Crippen LogP contribution in [0.2, 0.25) is 0 Å². The first kappa shape index (κ1) is 21.7. The van der Waals surface area contributed by atoms with E-state index in [4.69, 9.17) is 0 Å². The van der Waals surface area contributed by atoms with Crippen LogP contribution in [0.1, 0.15) is 31.2 Å². The van der Waals surface area contributed by atoms with Gasteiger partial charge in [-0.05, 0) is 34.7 Å². The van der Waals surface area contributed by atoms with E-state index in [-0.39, 0.29) is 24.8 Å². The zero-order chi connectivity index (χ0) is 17.9. The number of carboxylic acid groups (broad SMARTS) is 1. The van der Waals surface area contributed by atoms with Crippen LogP contribution < -0.4 is 29.3 Å². The van der Waals surface area contributed by atoms with Crippen molar-refractivity contribution in [2.75, 3.05) is 6.26 Å². The summed E-state index contributed by atoms with van der Waals surface area (Å²) in [7, 11) is -3.55. The number of fused-ring (bicyclic) bond motifs is 1. The number of carbonyl (C=O) groups is 1. The van der Waals surface area contributed by atoms with Crippen LogP contribution in [0.25, 0.3) is 10.8 Å². The van der Waals surface area contributed by atoms with Crippen LogP contribution in [0.15, 0.2) is 42.5 Å².